The van der Waals surface area contributed by atoms with E-state index in [1.165, 1.54) is 102 Å². The van der Waals surface area contributed by atoms with E-state index in [0.29, 0.717) is 0 Å². The smallest absolute Gasteiger partial charge is 0.157 e. The van der Waals surface area contributed by atoms with Crippen LogP contribution >= 0.6 is 11.8 Å². The van der Waals surface area contributed by atoms with Crippen molar-refractivity contribution >= 4 is 11.8 Å². The number of nitrogens with zero attached hydrogens (tertiary/aromatic N) is 1. The summed E-state index contributed by atoms with van der Waals surface area (Å²) < 4.78 is 0. The van der Waals surface area contributed by atoms with Gasteiger partial charge >= 0.3 is 0 Å². The zero-order chi connectivity index (χ0) is 16.6. The van der Waals surface area contributed by atoms with E-state index >= 15 is 0 Å². The van der Waals surface area contributed by atoms with Gasteiger partial charge in [0.25, 0.3) is 0 Å². The number of halogens is 1. The minimum Gasteiger partial charge on any atom is -1.00 e. The first kappa shape index (κ1) is 24.1. The first-order valence-electron chi connectivity index (χ1n) is 10.2. The number of quaternary nitrogens is 1. The summed E-state index contributed by atoms with van der Waals surface area (Å²) >= 11 is 2.12. The van der Waals surface area contributed by atoms with E-state index in [-0.39, 0.29) is 12.4 Å². The van der Waals surface area contributed by atoms with Crippen LogP contribution in [0.15, 0.2) is 12.4 Å². The molecule has 1 atom stereocenters. The van der Waals surface area contributed by atoms with Crippen molar-refractivity contribution in [3.63, 3.8) is 0 Å². The van der Waals surface area contributed by atoms with Crippen molar-refractivity contribution in [3.8, 4) is 0 Å². The predicted molar refractivity (Wildman–Crippen MR) is 106 cm³/mol. The fourth-order valence-corrected chi connectivity index (χ4v) is 4.05. The second-order valence-electron chi connectivity index (χ2n) is 7.04. The summed E-state index contributed by atoms with van der Waals surface area (Å²) in [6, 6.07) is 0. The third-order valence-corrected chi connectivity index (χ3v) is 5.77. The van der Waals surface area contributed by atoms with Crippen LogP contribution in [0.2, 0.25) is 0 Å². The maximum Gasteiger partial charge on any atom is 0.157 e. The highest BCUT2D eigenvalue weighted by atomic mass is 35.5. The molecule has 1 rings (SSSR count). The highest BCUT2D eigenvalue weighted by Gasteiger charge is 2.15. The van der Waals surface area contributed by atoms with Gasteiger partial charge in [0, 0.05) is 0 Å². The molecule has 1 heterocycles. The van der Waals surface area contributed by atoms with Gasteiger partial charge in [-0.25, -0.2) is 0 Å². The Hall–Kier alpha value is 0.140. The van der Waals surface area contributed by atoms with Crippen molar-refractivity contribution in [1.29, 1.82) is 0 Å². The Morgan fingerprint density at radius 3 is 2.04 bits per heavy atom. The Morgan fingerprint density at radius 1 is 0.833 bits per heavy atom. The predicted octanol–water partition coefficient (Wildman–Crippen LogP) is 2.03. The van der Waals surface area contributed by atoms with Gasteiger partial charge in [0.1, 0.15) is 6.20 Å². The van der Waals surface area contributed by atoms with Gasteiger partial charge in [-0.3, -0.25) is 4.90 Å². The first-order chi connectivity index (χ1) is 11.4. The molecule has 0 saturated carbocycles. The Morgan fingerprint density at radius 2 is 1.42 bits per heavy atom. The molecule has 0 radical (unpaired) electrons. The van der Waals surface area contributed by atoms with Crippen molar-refractivity contribution in [3.05, 3.63) is 12.4 Å². The summed E-state index contributed by atoms with van der Waals surface area (Å²) in [5, 5.41) is 0. The molecule has 144 valence electrons. The van der Waals surface area contributed by atoms with Crippen LogP contribution in [0.4, 0.5) is 0 Å². The molecule has 0 aromatic heterocycles. The lowest BCUT2D eigenvalue weighted by atomic mass is 10.1. The van der Waals surface area contributed by atoms with E-state index in [1.807, 2.05) is 0 Å². The number of hydrogen-bond acceptors (Lipinski definition) is 2. The van der Waals surface area contributed by atoms with Crippen LogP contribution in [0, 0.1) is 0 Å². The number of rotatable bonds is 16. The van der Waals surface area contributed by atoms with Gasteiger partial charge in [-0.1, -0.05) is 78.1 Å². The molecule has 24 heavy (non-hydrogen) atoms. The van der Waals surface area contributed by atoms with E-state index in [0.717, 1.165) is 0 Å². The Bertz CT molecular complexity index is 287. The fraction of sp³-hybridized carbons (Fsp3) is 0.900. The lowest BCUT2D eigenvalue weighted by molar-refractivity contribution is -0.849. The lowest BCUT2D eigenvalue weighted by Gasteiger charge is -2.16. The molecule has 2 nitrogen and oxygen atoms in total. The van der Waals surface area contributed by atoms with Crippen LogP contribution in [0.5, 0.6) is 0 Å². The molecule has 1 aliphatic heterocycles. The Balaban J connectivity index is 0.00000529. The minimum atomic E-state index is 0. The van der Waals surface area contributed by atoms with Crippen molar-refractivity contribution in [2.45, 2.75) is 90.9 Å². The summed E-state index contributed by atoms with van der Waals surface area (Å²) in [6.45, 7) is 7.05. The van der Waals surface area contributed by atoms with E-state index < -0.39 is 0 Å². The summed E-state index contributed by atoms with van der Waals surface area (Å²) in [4.78, 5) is 4.11. The normalized spacial score (nSPS) is 16.6. The average Bonchev–Trinajstić information content (AvgIpc) is 3.02. The number of hydrogen-bond donors (Lipinski definition) is 1. The molecule has 0 spiro atoms. The van der Waals surface area contributed by atoms with Crippen molar-refractivity contribution in [2.24, 2.45) is 0 Å². The van der Waals surface area contributed by atoms with Crippen molar-refractivity contribution in [1.82, 2.24) is 4.90 Å². The molecule has 0 aromatic rings. The van der Waals surface area contributed by atoms with Gasteiger partial charge in [-0.15, -0.1) is 11.8 Å². The summed E-state index contributed by atoms with van der Waals surface area (Å²) in [5.74, 6) is 2.52. The van der Waals surface area contributed by atoms with Gasteiger partial charge in [0.2, 0.25) is 0 Å². The second kappa shape index (κ2) is 17.9. The molecule has 1 N–H and O–H groups in total. The monoisotopic (exact) mass is 376 g/mol. The number of nitrogens with one attached hydrogen (secondary N) is 1. The highest BCUT2D eigenvalue weighted by molar-refractivity contribution is 7.99. The van der Waals surface area contributed by atoms with Gasteiger partial charge in [-0.2, -0.15) is 0 Å². The van der Waals surface area contributed by atoms with E-state index in [9.17, 15) is 0 Å². The van der Waals surface area contributed by atoms with Crippen LogP contribution in [0.1, 0.15) is 90.9 Å². The van der Waals surface area contributed by atoms with Crippen LogP contribution in [-0.4, -0.2) is 29.7 Å². The quantitative estimate of drug-likeness (QED) is 0.412. The zero-order valence-corrected chi connectivity index (χ0v) is 17.8. The van der Waals surface area contributed by atoms with Gasteiger partial charge in [-0.05, 0) is 18.6 Å². The van der Waals surface area contributed by atoms with Gasteiger partial charge in [0.05, 0.1) is 18.6 Å². The second-order valence-corrected chi connectivity index (χ2v) is 8.12. The van der Waals surface area contributed by atoms with Gasteiger partial charge < -0.3 is 17.3 Å². The van der Waals surface area contributed by atoms with Crippen LogP contribution in [0.25, 0.3) is 0 Å². The third-order valence-electron chi connectivity index (χ3n) is 4.68. The number of unbranched alkanes of at least 4 members (excludes halogenated alkanes) is 10. The maximum absolute atomic E-state index is 2.48. The summed E-state index contributed by atoms with van der Waals surface area (Å²) in [7, 11) is 0. The topological polar surface area (TPSA) is 7.68 Å². The van der Waals surface area contributed by atoms with E-state index in [4.69, 9.17) is 0 Å². The molecular formula is C20H41ClN2S. The zero-order valence-electron chi connectivity index (χ0n) is 16.2. The molecule has 1 unspecified atom stereocenters. The molecule has 0 bridgehead atoms. The Labute approximate surface area is 162 Å². The molecule has 0 fully saturated rings. The first-order valence-corrected chi connectivity index (χ1v) is 11.4. The molecule has 0 saturated heterocycles. The fourth-order valence-electron chi connectivity index (χ4n) is 3.11. The molecule has 0 aromatic carbocycles. The standard InChI is InChI=1S/C20H40N2S.ClH/c1-3-5-7-8-9-10-11-12-13-14-18-23-20-22-17-16-21(19-22)15-6-4-2;/h16-17H,3-15,18-20H2,1-2H3;1H. The third kappa shape index (κ3) is 13.4. The largest absolute Gasteiger partial charge is 1.00 e. The minimum absolute atomic E-state index is 0. The van der Waals surface area contributed by atoms with E-state index in [1.54, 1.807) is 4.90 Å². The SMILES string of the molecule is CCCCCCCCCCCCSCN1C=C[NH+](CCCC)C1.[Cl-]. The summed E-state index contributed by atoms with van der Waals surface area (Å²) in [6.07, 6.45) is 21.7. The lowest BCUT2D eigenvalue weighted by Crippen LogP contribution is -3.07. The molecule has 4 heteroatoms. The van der Waals surface area contributed by atoms with Crippen LogP contribution < -0.4 is 17.3 Å². The van der Waals surface area contributed by atoms with Crippen molar-refractivity contribution < 1.29 is 17.3 Å². The highest BCUT2D eigenvalue weighted by Crippen LogP contribution is 2.13. The molecule has 0 amide bonds. The van der Waals surface area contributed by atoms with E-state index in [2.05, 4.69) is 42.9 Å². The molecule has 1 aliphatic rings. The number of thioether (sulfide) groups is 1. The summed E-state index contributed by atoms with van der Waals surface area (Å²) in [5.41, 5.74) is 0. The van der Waals surface area contributed by atoms with Gasteiger partial charge in [0.15, 0.2) is 6.67 Å². The average molecular weight is 377 g/mol. The Kier molecular flexibility index (Phi) is 18.1. The molecule has 0 aliphatic carbocycles. The van der Waals surface area contributed by atoms with Crippen LogP contribution in [0.3, 0.4) is 0 Å². The maximum atomic E-state index is 2.48. The van der Waals surface area contributed by atoms with Crippen molar-refractivity contribution in [2.75, 3.05) is 24.8 Å². The van der Waals surface area contributed by atoms with Crippen LogP contribution in [-0.2, 0) is 0 Å². The molecular weight excluding hydrogens is 336 g/mol.